The first kappa shape index (κ1) is 18.9. The van der Waals surface area contributed by atoms with E-state index in [4.69, 9.17) is 0 Å². The number of aromatic nitrogens is 1. The van der Waals surface area contributed by atoms with Crippen LogP contribution in [0, 0.1) is 5.92 Å². The number of thiazole rings is 1. The van der Waals surface area contributed by atoms with Gasteiger partial charge in [0.1, 0.15) is 5.01 Å². The lowest BCUT2D eigenvalue weighted by Gasteiger charge is -2.21. The van der Waals surface area contributed by atoms with Gasteiger partial charge in [-0.15, -0.1) is 23.1 Å². The number of thioether (sulfide) groups is 1. The molecule has 3 nitrogen and oxygen atoms in total. The zero-order valence-corrected chi connectivity index (χ0v) is 16.8. The normalized spacial score (nSPS) is 12.4. The number of nitrogens with one attached hydrogen (secondary N) is 1. The predicted octanol–water partition coefficient (Wildman–Crippen LogP) is 5.09. The standard InChI is InChI=1S/C21H24N2OS2/c1-15(2)17(16-8-4-3-5-9-16)12-22-20(24)13-25-14-21-23-18-10-6-7-11-19(18)26-21/h3-11,15,17H,12-14H2,1-2H3,(H,22,24). The monoisotopic (exact) mass is 384 g/mol. The van der Waals surface area contributed by atoms with E-state index in [-0.39, 0.29) is 5.91 Å². The summed E-state index contributed by atoms with van der Waals surface area (Å²) in [6, 6.07) is 18.6. The van der Waals surface area contributed by atoms with Crippen molar-refractivity contribution in [1.82, 2.24) is 10.3 Å². The summed E-state index contributed by atoms with van der Waals surface area (Å²) in [7, 11) is 0. The van der Waals surface area contributed by atoms with Gasteiger partial charge in [-0.25, -0.2) is 4.98 Å². The SMILES string of the molecule is CC(C)C(CNC(=O)CSCc1nc2ccccc2s1)c1ccccc1. The molecule has 26 heavy (non-hydrogen) atoms. The average molecular weight is 385 g/mol. The Hall–Kier alpha value is -1.85. The maximum atomic E-state index is 12.2. The minimum absolute atomic E-state index is 0.0951. The summed E-state index contributed by atoms with van der Waals surface area (Å²) in [4.78, 5) is 16.8. The van der Waals surface area contributed by atoms with Crippen LogP contribution in [0.25, 0.3) is 10.2 Å². The number of fused-ring (bicyclic) bond motifs is 1. The smallest absolute Gasteiger partial charge is 0.230 e. The largest absolute Gasteiger partial charge is 0.355 e. The van der Waals surface area contributed by atoms with Crippen molar-refractivity contribution in [3.05, 3.63) is 65.2 Å². The third-order valence-corrected chi connectivity index (χ3v) is 6.51. The van der Waals surface area contributed by atoms with Gasteiger partial charge in [-0.3, -0.25) is 4.79 Å². The second-order valence-electron chi connectivity index (χ2n) is 6.63. The molecule has 3 aromatic rings. The van der Waals surface area contributed by atoms with E-state index in [1.165, 1.54) is 10.3 Å². The number of hydrogen-bond acceptors (Lipinski definition) is 4. The van der Waals surface area contributed by atoms with E-state index in [1.54, 1.807) is 23.1 Å². The van der Waals surface area contributed by atoms with Crippen LogP contribution in [-0.4, -0.2) is 23.2 Å². The average Bonchev–Trinajstić information content (AvgIpc) is 3.05. The first-order chi connectivity index (χ1) is 12.6. The molecule has 2 aromatic carbocycles. The Morgan fingerprint density at radius 3 is 2.58 bits per heavy atom. The van der Waals surface area contributed by atoms with Crippen LogP contribution in [-0.2, 0) is 10.5 Å². The van der Waals surface area contributed by atoms with Crippen molar-refractivity contribution in [3.63, 3.8) is 0 Å². The number of benzene rings is 2. The molecule has 0 radical (unpaired) electrons. The van der Waals surface area contributed by atoms with Crippen molar-refractivity contribution in [2.45, 2.75) is 25.5 Å². The Labute approximate surface area is 163 Å². The van der Waals surface area contributed by atoms with E-state index in [1.807, 2.05) is 24.3 Å². The molecule has 0 aliphatic rings. The van der Waals surface area contributed by atoms with E-state index >= 15 is 0 Å². The van der Waals surface area contributed by atoms with Gasteiger partial charge in [0, 0.05) is 18.2 Å². The Balaban J connectivity index is 1.46. The molecule has 0 aliphatic carbocycles. The first-order valence-electron chi connectivity index (χ1n) is 8.87. The van der Waals surface area contributed by atoms with Gasteiger partial charge in [0.2, 0.25) is 5.91 Å². The molecule has 1 amide bonds. The van der Waals surface area contributed by atoms with Crippen LogP contribution in [0.4, 0.5) is 0 Å². The minimum atomic E-state index is 0.0951. The first-order valence-corrected chi connectivity index (χ1v) is 10.8. The predicted molar refractivity (Wildman–Crippen MR) is 113 cm³/mol. The molecule has 0 saturated heterocycles. The zero-order chi connectivity index (χ0) is 18.4. The molecule has 5 heteroatoms. The molecule has 1 aromatic heterocycles. The Bertz CT molecular complexity index is 812. The number of amides is 1. The number of hydrogen-bond donors (Lipinski definition) is 1. The molecule has 1 unspecified atom stereocenters. The van der Waals surface area contributed by atoms with Crippen molar-refractivity contribution in [2.75, 3.05) is 12.3 Å². The molecule has 0 saturated carbocycles. The quantitative estimate of drug-likeness (QED) is 0.588. The zero-order valence-electron chi connectivity index (χ0n) is 15.1. The summed E-state index contributed by atoms with van der Waals surface area (Å²) < 4.78 is 1.20. The molecule has 0 bridgehead atoms. The van der Waals surface area contributed by atoms with Crippen molar-refractivity contribution < 1.29 is 4.79 Å². The third-order valence-electron chi connectivity index (χ3n) is 4.35. The van der Waals surface area contributed by atoms with E-state index in [9.17, 15) is 4.79 Å². The molecular weight excluding hydrogens is 360 g/mol. The van der Waals surface area contributed by atoms with Crippen LogP contribution in [0.3, 0.4) is 0 Å². The summed E-state index contributed by atoms with van der Waals surface area (Å²) in [5.74, 6) is 2.16. The van der Waals surface area contributed by atoms with Crippen LogP contribution >= 0.6 is 23.1 Å². The summed E-state index contributed by atoms with van der Waals surface area (Å²) in [5.41, 5.74) is 2.32. The number of rotatable bonds is 8. The number of para-hydroxylation sites is 1. The minimum Gasteiger partial charge on any atom is -0.355 e. The highest BCUT2D eigenvalue weighted by atomic mass is 32.2. The van der Waals surface area contributed by atoms with E-state index in [0.717, 1.165) is 16.3 Å². The molecule has 1 atom stereocenters. The van der Waals surface area contributed by atoms with Gasteiger partial charge in [0.15, 0.2) is 0 Å². The summed E-state index contributed by atoms with van der Waals surface area (Å²) in [6.45, 7) is 5.08. The lowest BCUT2D eigenvalue weighted by Crippen LogP contribution is -2.31. The lowest BCUT2D eigenvalue weighted by atomic mass is 9.88. The fourth-order valence-corrected chi connectivity index (χ4v) is 4.80. The van der Waals surface area contributed by atoms with Crippen molar-refractivity contribution in [2.24, 2.45) is 5.92 Å². The Kier molecular flexibility index (Phi) is 6.69. The van der Waals surface area contributed by atoms with Gasteiger partial charge in [-0.2, -0.15) is 0 Å². The van der Waals surface area contributed by atoms with Crippen LogP contribution in [0.15, 0.2) is 54.6 Å². The van der Waals surface area contributed by atoms with Gasteiger partial charge >= 0.3 is 0 Å². The van der Waals surface area contributed by atoms with Crippen LogP contribution in [0.2, 0.25) is 0 Å². The summed E-state index contributed by atoms with van der Waals surface area (Å²) in [5, 5.41) is 4.18. The lowest BCUT2D eigenvalue weighted by molar-refractivity contribution is -0.118. The molecule has 3 rings (SSSR count). The van der Waals surface area contributed by atoms with Gasteiger partial charge < -0.3 is 5.32 Å². The van der Waals surface area contributed by atoms with Gasteiger partial charge in [0.25, 0.3) is 0 Å². The second-order valence-corrected chi connectivity index (χ2v) is 8.73. The van der Waals surface area contributed by atoms with Crippen LogP contribution in [0.5, 0.6) is 0 Å². The van der Waals surface area contributed by atoms with Crippen molar-refractivity contribution in [1.29, 1.82) is 0 Å². The van der Waals surface area contributed by atoms with Gasteiger partial charge in [0.05, 0.1) is 16.0 Å². The molecule has 0 fully saturated rings. The molecule has 136 valence electrons. The summed E-state index contributed by atoms with van der Waals surface area (Å²) >= 11 is 3.33. The van der Waals surface area contributed by atoms with E-state index in [2.05, 4.69) is 54.5 Å². The maximum Gasteiger partial charge on any atom is 0.230 e. The topological polar surface area (TPSA) is 42.0 Å². The fourth-order valence-electron chi connectivity index (χ4n) is 2.93. The van der Waals surface area contributed by atoms with Crippen molar-refractivity contribution >= 4 is 39.2 Å². The number of carbonyl (C=O) groups is 1. The second kappa shape index (κ2) is 9.19. The Morgan fingerprint density at radius 1 is 1.12 bits per heavy atom. The van der Waals surface area contributed by atoms with Crippen molar-refractivity contribution in [3.8, 4) is 0 Å². The number of nitrogens with zero attached hydrogens (tertiary/aromatic N) is 1. The highest BCUT2D eigenvalue weighted by Gasteiger charge is 2.16. The van der Waals surface area contributed by atoms with Gasteiger partial charge in [-0.1, -0.05) is 56.3 Å². The maximum absolute atomic E-state index is 12.2. The van der Waals surface area contributed by atoms with E-state index in [0.29, 0.717) is 24.1 Å². The molecule has 0 aliphatic heterocycles. The molecule has 0 spiro atoms. The van der Waals surface area contributed by atoms with Gasteiger partial charge in [-0.05, 0) is 23.6 Å². The Morgan fingerprint density at radius 2 is 1.85 bits per heavy atom. The third kappa shape index (κ3) is 5.08. The number of carbonyl (C=O) groups excluding carboxylic acids is 1. The highest BCUT2D eigenvalue weighted by Crippen LogP contribution is 2.25. The van der Waals surface area contributed by atoms with E-state index < -0.39 is 0 Å². The molecular formula is C21H24N2OS2. The molecule has 1 N–H and O–H groups in total. The highest BCUT2D eigenvalue weighted by molar-refractivity contribution is 7.99. The molecule has 1 heterocycles. The van der Waals surface area contributed by atoms with Crippen LogP contribution in [0.1, 0.15) is 30.3 Å². The summed E-state index contributed by atoms with van der Waals surface area (Å²) in [6.07, 6.45) is 0. The fraction of sp³-hybridized carbons (Fsp3) is 0.333. The van der Waals surface area contributed by atoms with Crippen LogP contribution < -0.4 is 5.32 Å².